The van der Waals surface area contributed by atoms with E-state index in [1.807, 2.05) is 35.0 Å². The summed E-state index contributed by atoms with van der Waals surface area (Å²) in [5.74, 6) is 0. The molecule has 0 fully saturated rings. The summed E-state index contributed by atoms with van der Waals surface area (Å²) in [7, 11) is 0. The number of fused-ring (bicyclic) bond motifs is 1. The molecule has 4 nitrogen and oxygen atoms in total. The number of aromatic nitrogens is 2. The third-order valence-corrected chi connectivity index (χ3v) is 3.63. The van der Waals surface area contributed by atoms with Gasteiger partial charge in [-0.15, -0.1) is 0 Å². The number of thiocarbonyl (C=S) groups is 1. The molecule has 0 saturated carbocycles. The van der Waals surface area contributed by atoms with Crippen LogP contribution in [-0.2, 0) is 0 Å². The lowest BCUT2D eigenvalue weighted by molar-refractivity contribution is 1.01. The van der Waals surface area contributed by atoms with Crippen molar-refractivity contribution in [2.75, 3.05) is 10.7 Å². The van der Waals surface area contributed by atoms with E-state index in [4.69, 9.17) is 12.2 Å². The maximum absolute atomic E-state index is 5.35. The van der Waals surface area contributed by atoms with Gasteiger partial charge in [-0.25, -0.2) is 9.66 Å². The number of hydrogen-bond acceptors (Lipinski definition) is 2. The van der Waals surface area contributed by atoms with Gasteiger partial charge in [-0.05, 0) is 61.5 Å². The zero-order chi connectivity index (χ0) is 14.8. The Balaban J connectivity index is 1.75. The highest BCUT2D eigenvalue weighted by Gasteiger charge is 2.04. The van der Waals surface area contributed by atoms with Crippen molar-refractivity contribution >= 4 is 34.1 Å². The van der Waals surface area contributed by atoms with Crippen LogP contribution in [0.25, 0.3) is 11.0 Å². The van der Waals surface area contributed by atoms with E-state index in [1.165, 1.54) is 11.1 Å². The summed E-state index contributed by atoms with van der Waals surface area (Å²) in [6.07, 6.45) is 1.72. The van der Waals surface area contributed by atoms with Crippen LogP contribution in [0.3, 0.4) is 0 Å². The summed E-state index contributed by atoms with van der Waals surface area (Å²) in [6.45, 7) is 4.17. The normalized spacial score (nSPS) is 10.6. The van der Waals surface area contributed by atoms with E-state index >= 15 is 0 Å². The summed E-state index contributed by atoms with van der Waals surface area (Å²) in [5, 5.41) is 3.71. The van der Waals surface area contributed by atoms with Crippen LogP contribution >= 0.6 is 12.2 Å². The summed E-state index contributed by atoms with van der Waals surface area (Å²) in [4.78, 5) is 4.32. The molecule has 0 radical (unpaired) electrons. The Morgan fingerprint density at radius 1 is 1.10 bits per heavy atom. The highest BCUT2D eigenvalue weighted by molar-refractivity contribution is 7.80. The predicted molar refractivity (Wildman–Crippen MR) is 91.2 cm³/mol. The summed E-state index contributed by atoms with van der Waals surface area (Å²) < 4.78 is 1.81. The van der Waals surface area contributed by atoms with Gasteiger partial charge in [0.2, 0.25) is 0 Å². The highest BCUT2D eigenvalue weighted by atomic mass is 32.1. The van der Waals surface area contributed by atoms with Crippen LogP contribution in [0.15, 0.2) is 48.8 Å². The van der Waals surface area contributed by atoms with Crippen LogP contribution in [0.2, 0.25) is 0 Å². The second-order valence-corrected chi connectivity index (χ2v) is 5.38. The number of rotatable bonds is 2. The van der Waals surface area contributed by atoms with E-state index in [1.54, 1.807) is 6.33 Å². The van der Waals surface area contributed by atoms with Crippen molar-refractivity contribution in [2.24, 2.45) is 0 Å². The number of aryl methyl sites for hydroxylation is 2. The van der Waals surface area contributed by atoms with Crippen molar-refractivity contribution in [3.05, 3.63) is 59.9 Å². The first-order valence-corrected chi connectivity index (χ1v) is 7.11. The smallest absolute Gasteiger partial charge is 0.190 e. The molecule has 0 saturated heterocycles. The molecule has 21 heavy (non-hydrogen) atoms. The number of para-hydroxylation sites is 2. The van der Waals surface area contributed by atoms with E-state index < -0.39 is 0 Å². The molecule has 1 aromatic heterocycles. The number of hydrogen-bond donors (Lipinski definition) is 2. The first-order valence-electron chi connectivity index (χ1n) is 6.71. The summed E-state index contributed by atoms with van der Waals surface area (Å²) in [5.41, 5.74) is 8.51. The average Bonchev–Trinajstić information content (AvgIpc) is 2.86. The van der Waals surface area contributed by atoms with E-state index in [2.05, 4.69) is 41.7 Å². The van der Waals surface area contributed by atoms with Crippen molar-refractivity contribution in [1.29, 1.82) is 0 Å². The number of anilines is 1. The van der Waals surface area contributed by atoms with Crippen molar-refractivity contribution < 1.29 is 0 Å². The minimum atomic E-state index is 0.529. The van der Waals surface area contributed by atoms with E-state index in [9.17, 15) is 0 Å². The molecule has 0 unspecified atom stereocenters. The minimum absolute atomic E-state index is 0.529. The van der Waals surface area contributed by atoms with Gasteiger partial charge in [0, 0.05) is 5.69 Å². The number of benzene rings is 2. The lowest BCUT2D eigenvalue weighted by atomic mass is 10.1. The highest BCUT2D eigenvalue weighted by Crippen LogP contribution is 2.14. The Morgan fingerprint density at radius 2 is 1.90 bits per heavy atom. The molecule has 0 atom stereocenters. The Hall–Kier alpha value is -2.40. The predicted octanol–water partition coefficient (Wildman–Crippen LogP) is 3.59. The molecule has 2 N–H and O–H groups in total. The van der Waals surface area contributed by atoms with Gasteiger partial charge in [0.25, 0.3) is 0 Å². The molecule has 5 heteroatoms. The number of nitrogens with zero attached hydrogens (tertiary/aromatic N) is 2. The standard InChI is InChI=1S/C16H16N4S/c1-11-7-8-13(9-12(11)2)18-16(21)19-20-10-17-14-5-3-4-6-15(14)20/h3-10H,1-2H3,(H2,18,19,21). The van der Waals surface area contributed by atoms with Gasteiger partial charge in [-0.2, -0.15) is 0 Å². The zero-order valence-electron chi connectivity index (χ0n) is 11.9. The second-order valence-electron chi connectivity index (χ2n) is 4.97. The topological polar surface area (TPSA) is 41.9 Å². The van der Waals surface area contributed by atoms with Crippen LogP contribution < -0.4 is 10.7 Å². The molecule has 0 bridgehead atoms. The van der Waals surface area contributed by atoms with Gasteiger partial charge < -0.3 is 5.32 Å². The largest absolute Gasteiger partial charge is 0.331 e. The maximum atomic E-state index is 5.35. The summed E-state index contributed by atoms with van der Waals surface area (Å²) >= 11 is 5.35. The van der Waals surface area contributed by atoms with Crippen molar-refractivity contribution in [3.63, 3.8) is 0 Å². The van der Waals surface area contributed by atoms with Crippen LogP contribution in [0.1, 0.15) is 11.1 Å². The Labute approximate surface area is 128 Å². The maximum Gasteiger partial charge on any atom is 0.190 e. The number of imidazole rings is 1. The van der Waals surface area contributed by atoms with Gasteiger partial charge >= 0.3 is 0 Å². The van der Waals surface area contributed by atoms with Gasteiger partial charge in [0.15, 0.2) is 5.11 Å². The molecular formula is C16H16N4S. The van der Waals surface area contributed by atoms with Crippen LogP contribution in [0, 0.1) is 13.8 Å². The first kappa shape index (κ1) is 13.6. The lowest BCUT2D eigenvalue weighted by Crippen LogP contribution is -2.26. The van der Waals surface area contributed by atoms with Crippen molar-refractivity contribution in [2.45, 2.75) is 13.8 Å². The number of nitrogens with one attached hydrogen (secondary N) is 2. The molecule has 1 heterocycles. The molecule has 3 rings (SSSR count). The van der Waals surface area contributed by atoms with Gasteiger partial charge in [0.1, 0.15) is 6.33 Å². The van der Waals surface area contributed by atoms with Crippen molar-refractivity contribution in [3.8, 4) is 0 Å². The third kappa shape index (κ3) is 2.87. The first-order chi connectivity index (χ1) is 10.1. The molecule has 0 amide bonds. The van der Waals surface area contributed by atoms with Crippen molar-refractivity contribution in [1.82, 2.24) is 9.66 Å². The monoisotopic (exact) mass is 296 g/mol. The quantitative estimate of drug-likeness (QED) is 0.709. The summed E-state index contributed by atoms with van der Waals surface area (Å²) in [6, 6.07) is 14.1. The SMILES string of the molecule is Cc1ccc(NC(=S)Nn2cnc3ccccc32)cc1C. The molecule has 0 aliphatic rings. The Bertz CT molecular complexity index is 807. The van der Waals surface area contributed by atoms with Gasteiger partial charge in [-0.3, -0.25) is 5.43 Å². The zero-order valence-corrected chi connectivity index (χ0v) is 12.7. The van der Waals surface area contributed by atoms with E-state index in [0.29, 0.717) is 5.11 Å². The second kappa shape index (κ2) is 5.54. The third-order valence-electron chi connectivity index (χ3n) is 3.44. The molecule has 3 aromatic rings. The fraction of sp³-hybridized carbons (Fsp3) is 0.125. The minimum Gasteiger partial charge on any atom is -0.331 e. The molecule has 2 aromatic carbocycles. The van der Waals surface area contributed by atoms with Gasteiger partial charge in [-0.1, -0.05) is 18.2 Å². The molecule has 0 aliphatic heterocycles. The molecule has 106 valence electrons. The fourth-order valence-electron chi connectivity index (χ4n) is 2.14. The molecular weight excluding hydrogens is 280 g/mol. The lowest BCUT2D eigenvalue weighted by Gasteiger charge is -2.12. The van der Waals surface area contributed by atoms with E-state index in [-0.39, 0.29) is 0 Å². The Morgan fingerprint density at radius 3 is 2.71 bits per heavy atom. The van der Waals surface area contributed by atoms with E-state index in [0.717, 1.165) is 16.7 Å². The molecule has 0 spiro atoms. The van der Waals surface area contributed by atoms with Crippen LogP contribution in [0.4, 0.5) is 5.69 Å². The average molecular weight is 296 g/mol. The van der Waals surface area contributed by atoms with Crippen LogP contribution in [0.5, 0.6) is 0 Å². The Kier molecular flexibility index (Phi) is 3.58. The fourth-order valence-corrected chi connectivity index (χ4v) is 2.35. The molecule has 0 aliphatic carbocycles. The van der Waals surface area contributed by atoms with Gasteiger partial charge in [0.05, 0.1) is 11.0 Å². The van der Waals surface area contributed by atoms with Crippen LogP contribution in [-0.4, -0.2) is 14.8 Å².